The molecule has 440 valence electrons. The van der Waals surface area contributed by atoms with Crippen LogP contribution in [0.25, 0.3) is 0 Å². The average molecular weight is 1460 g/mol. The molecule has 0 amide bonds. The predicted molar refractivity (Wildman–Crippen MR) is 232 cm³/mol. The average Bonchev–Trinajstić information content (AvgIpc) is 3.26. The number of hydrogen-bond acceptors (Lipinski definition) is 12. The van der Waals surface area contributed by atoms with Crippen LogP contribution in [-0.4, -0.2) is 96.6 Å². The first kappa shape index (κ1) is 77.8. The Balaban J connectivity index is 0. The maximum absolute atomic E-state index is 12.0. The molecule has 0 heterocycles. The fraction of sp³-hybridized carbons (Fsp3) is 0.316. The van der Waals surface area contributed by atoms with Gasteiger partial charge < -0.3 is 17.0 Å². The zero-order valence-electron chi connectivity index (χ0n) is 38.9. The first-order chi connectivity index (χ1) is 34.0. The molecular weight excluding hydrogens is 1420 g/mol. The normalized spacial score (nSPS) is 14.1. The summed E-state index contributed by atoms with van der Waals surface area (Å²) in [5.41, 5.74) is -36.8. The molecule has 0 aliphatic heterocycles. The Hall–Kier alpha value is -2.23. The smallest absolute Gasteiger partial charge is 1.00 e. The summed E-state index contributed by atoms with van der Waals surface area (Å²) < 4.78 is 335. The summed E-state index contributed by atoms with van der Waals surface area (Å²) in [5.74, 6) is 0. The largest absolute Gasteiger partial charge is 1.00 e. The molecule has 0 spiro atoms. The zero-order chi connectivity index (χ0) is 59.6. The Kier molecular flexibility index (Phi) is 29.3. The van der Waals surface area contributed by atoms with Crippen LogP contribution in [0.3, 0.4) is 0 Å². The topological polar surface area (TPSA) is 214 Å². The summed E-state index contributed by atoms with van der Waals surface area (Å²) in [5, 5.41) is 0. The molecule has 78 heavy (non-hydrogen) atoms. The molecule has 2 atom stereocenters. The van der Waals surface area contributed by atoms with Crippen molar-refractivity contribution < 1.29 is 225 Å². The van der Waals surface area contributed by atoms with Gasteiger partial charge in [0.25, 0.3) is 0 Å². The second-order valence-electron chi connectivity index (χ2n) is 14.2. The third-order valence-electron chi connectivity index (χ3n) is 8.88. The quantitative estimate of drug-likeness (QED) is 0.135. The van der Waals surface area contributed by atoms with Gasteiger partial charge in [0.1, 0.15) is 24.5 Å². The van der Waals surface area contributed by atoms with Gasteiger partial charge in [0.2, 0.25) is 0 Å². The van der Waals surface area contributed by atoms with Crippen LogP contribution in [0.1, 0.15) is 25.0 Å². The number of benzene rings is 4. The molecule has 0 saturated carbocycles. The van der Waals surface area contributed by atoms with Crippen molar-refractivity contribution in [3.8, 4) is 0 Å². The van der Waals surface area contributed by atoms with Crippen molar-refractivity contribution >= 4 is 70.4 Å². The Bertz CT molecular complexity index is 2770. The fourth-order valence-electron chi connectivity index (χ4n) is 5.33. The fourth-order valence-corrected chi connectivity index (χ4v) is 16.8. The van der Waals surface area contributed by atoms with E-state index < -0.39 is 99.9 Å². The summed E-state index contributed by atoms with van der Waals surface area (Å²) in [7, 11) is -48.1. The molecule has 4 aromatic rings. The van der Waals surface area contributed by atoms with Gasteiger partial charge in [-0.1, -0.05) is 97.1 Å². The van der Waals surface area contributed by atoms with Crippen LogP contribution in [0, 0.1) is 7.83 Å². The van der Waals surface area contributed by atoms with E-state index in [1.165, 1.54) is 32.3 Å². The van der Waals surface area contributed by atoms with Gasteiger partial charge in [0, 0.05) is 11.1 Å². The van der Waals surface area contributed by atoms with Crippen molar-refractivity contribution in [1.82, 2.24) is 0 Å². The minimum Gasteiger partial charge on any atom is -1.00 e. The molecule has 0 fully saturated rings. The molecule has 14 nitrogen and oxygen atoms in total. The Morgan fingerprint density at radius 3 is 0.615 bits per heavy atom. The molecule has 0 aromatic heterocycles. The van der Waals surface area contributed by atoms with Crippen molar-refractivity contribution in [2.45, 2.75) is 60.0 Å². The zero-order valence-corrected chi connectivity index (χ0v) is 51.7. The molecule has 2 unspecified atom stereocenters. The van der Waals surface area contributed by atoms with Crippen molar-refractivity contribution in [2.24, 2.45) is 0 Å². The van der Waals surface area contributed by atoms with Crippen LogP contribution in [-0.2, 0) is 72.1 Å². The first-order valence-corrected chi connectivity index (χ1v) is 28.4. The third kappa shape index (κ3) is 20.0. The van der Waals surface area contributed by atoms with Gasteiger partial charge in [-0.15, -0.1) is 0 Å². The van der Waals surface area contributed by atoms with E-state index in [1.807, 2.05) is 0 Å². The van der Waals surface area contributed by atoms with E-state index in [2.05, 4.69) is 135 Å². The molecule has 0 radical (unpaired) electrons. The molecule has 0 saturated heterocycles. The van der Waals surface area contributed by atoms with Crippen LogP contribution >= 0.6 is 0 Å². The third-order valence-corrected chi connectivity index (χ3v) is 23.1. The van der Waals surface area contributed by atoms with Gasteiger partial charge in [-0.3, -0.25) is 60.3 Å². The molecule has 40 heteroatoms. The maximum Gasteiger partial charge on any atom is 1.00 e. The number of alkyl halides is 18. The van der Waals surface area contributed by atoms with Gasteiger partial charge in [-0.05, 0) is 38.1 Å². The minimum absolute atomic E-state index is 0. The number of rotatable bonds is 14. The molecule has 4 aromatic carbocycles. The van der Waals surface area contributed by atoms with E-state index >= 15 is 0 Å². The van der Waals surface area contributed by atoms with Gasteiger partial charge in [-0.2, -0.15) is 79.0 Å². The van der Waals surface area contributed by atoms with Gasteiger partial charge in [-0.25, -0.2) is 0 Å². The van der Waals surface area contributed by atoms with E-state index in [9.17, 15) is 130 Å². The summed E-state index contributed by atoms with van der Waals surface area (Å²) >= 11 is 0. The number of quaternary nitrogens is 2. The van der Waals surface area contributed by atoms with E-state index in [1.54, 1.807) is 0 Å². The number of halogens is 19. The Labute approximate surface area is 503 Å². The number of para-hydroxylation sites is 2. The molecule has 0 bridgehead atoms. The van der Waals surface area contributed by atoms with Crippen LogP contribution in [0.15, 0.2) is 121 Å². The SMILES string of the molecule is CC[NH+](Cc1ccccc1)c1ccccc1.CC[NH+](Cc1ccccc1)c1ccccc1.O=S(=O)([C-](S(=O)(=O)C(F)(F)F)S(=O)(=O)C(F)(F)F)C(F)(F)F.O=S(=O)([C-](S(=O)(=O)C(F)(F)F)S(=O)(=O)C(F)(F)F)C(F)(F)F.[Br-].[Cs+]. The van der Waals surface area contributed by atoms with E-state index in [-0.39, 0.29) is 85.9 Å². The van der Waals surface area contributed by atoms with Crippen LogP contribution in [0.2, 0.25) is 0 Å². The second kappa shape index (κ2) is 29.3. The van der Waals surface area contributed by atoms with Crippen LogP contribution in [0.5, 0.6) is 0 Å². The predicted octanol–water partition coefficient (Wildman–Crippen LogP) is 1.33. The number of nitrogens with one attached hydrogen (secondary N) is 2. The molecule has 0 aliphatic carbocycles. The van der Waals surface area contributed by atoms with Crippen molar-refractivity contribution in [3.05, 3.63) is 140 Å². The number of hydrogen-bond donors (Lipinski definition) is 2. The summed E-state index contributed by atoms with van der Waals surface area (Å²) in [6, 6.07) is 42.7. The van der Waals surface area contributed by atoms with Crippen molar-refractivity contribution in [1.29, 1.82) is 0 Å². The number of sulfone groups is 6. The summed E-state index contributed by atoms with van der Waals surface area (Å²) in [6.07, 6.45) is 0. The monoisotopic (exact) mass is 1460 g/mol. The van der Waals surface area contributed by atoms with E-state index in [0.29, 0.717) is 0 Å². The molecular formula is C38H36BrCsF18N2O12S6. The van der Waals surface area contributed by atoms with Crippen molar-refractivity contribution in [3.63, 3.8) is 0 Å². The van der Waals surface area contributed by atoms with Gasteiger partial charge >= 0.3 is 102 Å². The molecule has 2 N–H and O–H groups in total. The molecule has 0 aliphatic rings. The standard InChI is InChI=1S/2C15H17N.2C4F9O6S3.BrH.Cs/c2*1-2-16(15-11-7-4-8-12-15)13-14-9-5-3-6-10-14;2*5-2(6,7)20(14,15)1(21(16,17)3(8,9)10)22(18,19)4(11,12)13;;/h2*3-12H,2,13H2,1H3;;;1H;/q;;2*-1;;+1/p+1. The molecule has 4 rings (SSSR count). The van der Waals surface area contributed by atoms with Gasteiger partial charge in [0.15, 0.2) is 59.0 Å². The summed E-state index contributed by atoms with van der Waals surface area (Å²) in [6.45, 7) is 8.79. The van der Waals surface area contributed by atoms with E-state index in [4.69, 9.17) is 0 Å². The maximum atomic E-state index is 12.0. The van der Waals surface area contributed by atoms with Crippen LogP contribution < -0.4 is 95.7 Å². The second-order valence-corrected chi connectivity index (χ2v) is 27.0. The van der Waals surface area contributed by atoms with Crippen LogP contribution in [0.4, 0.5) is 90.4 Å². The summed E-state index contributed by atoms with van der Waals surface area (Å²) in [4.78, 5) is 3.01. The van der Waals surface area contributed by atoms with Gasteiger partial charge in [0.05, 0.1) is 20.9 Å². The Morgan fingerprint density at radius 2 is 0.474 bits per heavy atom. The minimum atomic E-state index is -8.02. The Morgan fingerprint density at radius 1 is 0.321 bits per heavy atom. The van der Waals surface area contributed by atoms with Crippen molar-refractivity contribution in [2.75, 3.05) is 13.1 Å². The van der Waals surface area contributed by atoms with E-state index in [0.717, 1.165) is 26.2 Å². The first-order valence-electron chi connectivity index (χ1n) is 19.5.